The van der Waals surface area contributed by atoms with Crippen molar-refractivity contribution in [2.24, 2.45) is 0 Å². The predicted octanol–water partition coefficient (Wildman–Crippen LogP) is 4.40. The summed E-state index contributed by atoms with van der Waals surface area (Å²) in [5, 5.41) is 0. The van der Waals surface area contributed by atoms with Crippen molar-refractivity contribution in [2.75, 3.05) is 46.1 Å². The summed E-state index contributed by atoms with van der Waals surface area (Å²) in [6.07, 6.45) is 9.00. The topological polar surface area (TPSA) is 62.3 Å². The molecule has 0 N–H and O–H groups in total. The van der Waals surface area contributed by atoms with Crippen LogP contribution in [0.1, 0.15) is 83.1 Å². The fraction of sp³-hybridized carbons (Fsp3) is 0.714. The van der Waals surface area contributed by atoms with Crippen molar-refractivity contribution in [3.63, 3.8) is 0 Å². The maximum atomic E-state index is 13.4. The highest BCUT2D eigenvalue weighted by atomic mass is 16.7. The van der Waals surface area contributed by atoms with Crippen LogP contribution in [0.15, 0.2) is 18.2 Å². The van der Waals surface area contributed by atoms with E-state index in [2.05, 4.69) is 35.8 Å². The number of carbonyl (C=O) groups is 2. The van der Waals surface area contributed by atoms with Gasteiger partial charge in [0.25, 0.3) is 0 Å². The number of carbonyl (C=O) groups excluding carboxylic acids is 2. The monoisotopic (exact) mass is 485 g/mol. The summed E-state index contributed by atoms with van der Waals surface area (Å²) in [7, 11) is 0. The first-order valence-corrected chi connectivity index (χ1v) is 13.8. The Hall–Kier alpha value is -2.28. The quantitative estimate of drug-likeness (QED) is 0.439. The second-order valence-electron chi connectivity index (χ2n) is 10.3. The van der Waals surface area contributed by atoms with E-state index in [9.17, 15) is 9.59 Å². The van der Waals surface area contributed by atoms with Crippen molar-refractivity contribution >= 4 is 11.8 Å². The van der Waals surface area contributed by atoms with Crippen LogP contribution in [0.2, 0.25) is 0 Å². The maximum absolute atomic E-state index is 13.4. The Labute approximate surface area is 210 Å². The number of piperidine rings is 1. The van der Waals surface area contributed by atoms with Gasteiger partial charge in [0, 0.05) is 45.2 Å². The molecular formula is C28H43N3O4. The van der Waals surface area contributed by atoms with Crippen molar-refractivity contribution in [3.8, 4) is 11.5 Å². The van der Waals surface area contributed by atoms with Crippen LogP contribution in [-0.4, -0.2) is 78.6 Å². The number of ether oxygens (including phenoxy) is 2. The fourth-order valence-corrected chi connectivity index (χ4v) is 5.62. The Balaban J connectivity index is 1.44. The standard InChI is InChI=1S/C28H43N3O4/c1-3-5-13-29(14-6-4-2)28(33)20-31-19-23(22-10-11-25-26(18-22)35-21-34-25)17-24(31)12-16-30-15-8-7-9-27(30)32/h10-11,18,23-24H,3-9,12-17,19-21H2,1-2H3. The predicted molar refractivity (Wildman–Crippen MR) is 137 cm³/mol. The highest BCUT2D eigenvalue weighted by molar-refractivity contribution is 5.78. The van der Waals surface area contributed by atoms with Gasteiger partial charge in [0.15, 0.2) is 11.5 Å². The van der Waals surface area contributed by atoms with Crippen molar-refractivity contribution < 1.29 is 19.1 Å². The molecule has 7 nitrogen and oxygen atoms in total. The summed E-state index contributed by atoms with van der Waals surface area (Å²) in [4.78, 5) is 32.3. The molecule has 1 aromatic rings. The molecule has 2 saturated heterocycles. The van der Waals surface area contributed by atoms with Gasteiger partial charge in [-0.15, -0.1) is 0 Å². The third kappa shape index (κ3) is 6.69. The SMILES string of the molecule is CCCCN(CCCC)C(=O)CN1CC(c2ccc3c(c2)OCO3)CC1CCN1CCCCC1=O. The number of hydrogen-bond acceptors (Lipinski definition) is 5. The molecule has 3 heterocycles. The first kappa shape index (κ1) is 25.8. The zero-order chi connectivity index (χ0) is 24.6. The zero-order valence-electron chi connectivity index (χ0n) is 21.7. The number of likely N-dealkylation sites (tertiary alicyclic amines) is 2. The van der Waals surface area contributed by atoms with Crippen molar-refractivity contribution in [2.45, 2.75) is 83.6 Å². The number of benzene rings is 1. The second-order valence-corrected chi connectivity index (χ2v) is 10.3. The lowest BCUT2D eigenvalue weighted by atomic mass is 9.95. The molecular weight excluding hydrogens is 442 g/mol. The van der Waals surface area contributed by atoms with E-state index in [1.165, 1.54) is 5.56 Å². The number of nitrogens with zero attached hydrogens (tertiary/aromatic N) is 3. The number of fused-ring (bicyclic) bond motifs is 1. The average molecular weight is 486 g/mol. The van der Waals surface area contributed by atoms with Crippen LogP contribution in [0.3, 0.4) is 0 Å². The molecule has 35 heavy (non-hydrogen) atoms. The lowest BCUT2D eigenvalue weighted by Crippen LogP contribution is -2.44. The van der Waals surface area contributed by atoms with Gasteiger partial charge >= 0.3 is 0 Å². The molecule has 0 bridgehead atoms. The van der Waals surface area contributed by atoms with Gasteiger partial charge < -0.3 is 19.3 Å². The maximum Gasteiger partial charge on any atom is 0.236 e. The van der Waals surface area contributed by atoms with E-state index < -0.39 is 0 Å². The summed E-state index contributed by atoms with van der Waals surface area (Å²) >= 11 is 0. The number of unbranched alkanes of at least 4 members (excludes halogenated alkanes) is 2. The van der Waals surface area contributed by atoms with Crippen LogP contribution in [0, 0.1) is 0 Å². The van der Waals surface area contributed by atoms with Gasteiger partial charge in [-0.2, -0.15) is 0 Å². The molecule has 1 aromatic carbocycles. The molecule has 0 spiro atoms. The summed E-state index contributed by atoms with van der Waals surface area (Å²) in [5.41, 5.74) is 1.25. The highest BCUT2D eigenvalue weighted by Crippen LogP contribution is 2.39. The minimum absolute atomic E-state index is 0.247. The van der Waals surface area contributed by atoms with E-state index in [1.54, 1.807) is 0 Å². The van der Waals surface area contributed by atoms with Crippen molar-refractivity contribution in [1.82, 2.24) is 14.7 Å². The van der Waals surface area contributed by atoms with Crippen LogP contribution in [0.25, 0.3) is 0 Å². The summed E-state index contributed by atoms with van der Waals surface area (Å²) < 4.78 is 11.1. The van der Waals surface area contributed by atoms with E-state index in [4.69, 9.17) is 9.47 Å². The molecule has 3 aliphatic rings. The van der Waals surface area contributed by atoms with E-state index in [-0.39, 0.29) is 18.6 Å². The summed E-state index contributed by atoms with van der Waals surface area (Å²) in [6.45, 7) is 9.32. The Morgan fingerprint density at radius 1 is 1.09 bits per heavy atom. The van der Waals surface area contributed by atoms with Crippen molar-refractivity contribution in [3.05, 3.63) is 23.8 Å². The zero-order valence-corrected chi connectivity index (χ0v) is 21.7. The summed E-state index contributed by atoms with van der Waals surface area (Å²) in [5.74, 6) is 2.50. The van der Waals surface area contributed by atoms with Crippen molar-refractivity contribution in [1.29, 1.82) is 0 Å². The van der Waals surface area contributed by atoms with Crippen LogP contribution >= 0.6 is 0 Å². The molecule has 0 aromatic heterocycles. The minimum atomic E-state index is 0.247. The van der Waals surface area contributed by atoms with Gasteiger partial charge in [0.1, 0.15) is 0 Å². The Morgan fingerprint density at radius 2 is 1.86 bits per heavy atom. The first-order chi connectivity index (χ1) is 17.1. The Morgan fingerprint density at radius 3 is 2.60 bits per heavy atom. The number of hydrogen-bond donors (Lipinski definition) is 0. The lowest BCUT2D eigenvalue weighted by Gasteiger charge is -2.31. The lowest BCUT2D eigenvalue weighted by molar-refractivity contribution is -0.134. The number of rotatable bonds is 12. The van der Waals surface area contributed by atoms with Gasteiger partial charge in [0.05, 0.1) is 6.54 Å². The van der Waals surface area contributed by atoms with E-state index in [1.807, 2.05) is 11.0 Å². The van der Waals surface area contributed by atoms with Gasteiger partial charge in [-0.3, -0.25) is 14.5 Å². The molecule has 2 unspecified atom stereocenters. The normalized spacial score (nSPS) is 22.1. The molecule has 2 atom stereocenters. The Kier molecular flexibility index (Phi) is 9.30. The molecule has 2 fully saturated rings. The van der Waals surface area contributed by atoms with Crippen LogP contribution in [0.5, 0.6) is 11.5 Å². The second kappa shape index (κ2) is 12.6. The third-order valence-corrected chi connectivity index (χ3v) is 7.80. The smallest absolute Gasteiger partial charge is 0.236 e. The van der Waals surface area contributed by atoms with Crippen LogP contribution in [0.4, 0.5) is 0 Å². The van der Waals surface area contributed by atoms with E-state index in [0.717, 1.165) is 95.6 Å². The van der Waals surface area contributed by atoms with Gasteiger partial charge in [-0.1, -0.05) is 32.8 Å². The molecule has 2 amide bonds. The Bertz CT molecular complexity index is 853. The molecule has 4 rings (SSSR count). The highest BCUT2D eigenvalue weighted by Gasteiger charge is 2.35. The average Bonchev–Trinajstić information content (AvgIpc) is 3.50. The number of amides is 2. The van der Waals surface area contributed by atoms with Gasteiger partial charge in [-0.05, 0) is 62.1 Å². The first-order valence-electron chi connectivity index (χ1n) is 13.8. The summed E-state index contributed by atoms with van der Waals surface area (Å²) in [6, 6.07) is 6.55. The third-order valence-electron chi connectivity index (χ3n) is 7.80. The molecule has 7 heteroatoms. The molecule has 0 aliphatic carbocycles. The van der Waals surface area contributed by atoms with Gasteiger partial charge in [-0.25, -0.2) is 0 Å². The molecule has 194 valence electrons. The minimum Gasteiger partial charge on any atom is -0.454 e. The molecule has 3 aliphatic heterocycles. The fourth-order valence-electron chi connectivity index (χ4n) is 5.62. The van der Waals surface area contributed by atoms with Crippen LogP contribution in [-0.2, 0) is 9.59 Å². The van der Waals surface area contributed by atoms with Gasteiger partial charge in [0.2, 0.25) is 18.6 Å². The molecule has 0 radical (unpaired) electrons. The largest absolute Gasteiger partial charge is 0.454 e. The van der Waals surface area contributed by atoms with Crippen LogP contribution < -0.4 is 9.47 Å². The molecule has 0 saturated carbocycles. The van der Waals surface area contributed by atoms with E-state index >= 15 is 0 Å². The van der Waals surface area contributed by atoms with E-state index in [0.29, 0.717) is 24.9 Å².